The molecule has 1 aliphatic carbocycles. The van der Waals surface area contributed by atoms with Gasteiger partial charge in [-0.1, -0.05) is 40.0 Å². The Morgan fingerprint density at radius 1 is 1.43 bits per heavy atom. The Kier molecular flexibility index (Phi) is 3.71. The minimum Gasteiger partial charge on any atom is -0.396 e. The van der Waals surface area contributed by atoms with Gasteiger partial charge in [0, 0.05) is 12.3 Å². The van der Waals surface area contributed by atoms with E-state index in [1.807, 2.05) is 20.8 Å². The van der Waals surface area contributed by atoms with E-state index in [0.29, 0.717) is 12.3 Å². The van der Waals surface area contributed by atoms with Crippen molar-refractivity contribution in [2.24, 2.45) is 17.3 Å². The Hall–Kier alpha value is -0.370. The summed E-state index contributed by atoms with van der Waals surface area (Å²) in [6, 6.07) is 0. The van der Waals surface area contributed by atoms with Gasteiger partial charge in [0.05, 0.1) is 6.61 Å². The second-order valence-electron chi connectivity index (χ2n) is 5.57. The predicted octanol–water partition coefficient (Wildman–Crippen LogP) is 2.40. The molecular weight excluding hydrogens is 176 g/mol. The van der Waals surface area contributed by atoms with Gasteiger partial charge in [-0.05, 0) is 11.3 Å². The smallest absolute Gasteiger partial charge is 0.139 e. The molecule has 1 aliphatic rings. The Morgan fingerprint density at radius 2 is 2.00 bits per heavy atom. The summed E-state index contributed by atoms with van der Waals surface area (Å²) in [5, 5.41) is 9.21. The Labute approximate surface area is 86.7 Å². The number of rotatable bonds is 4. The van der Waals surface area contributed by atoms with Gasteiger partial charge in [0.2, 0.25) is 0 Å². The van der Waals surface area contributed by atoms with Crippen LogP contribution in [-0.2, 0) is 4.79 Å². The summed E-state index contributed by atoms with van der Waals surface area (Å²) < 4.78 is 0. The third kappa shape index (κ3) is 2.81. The zero-order chi connectivity index (χ0) is 10.8. The van der Waals surface area contributed by atoms with Crippen molar-refractivity contribution in [1.82, 2.24) is 0 Å². The van der Waals surface area contributed by atoms with Gasteiger partial charge in [-0.3, -0.25) is 4.79 Å². The van der Waals surface area contributed by atoms with Gasteiger partial charge in [-0.15, -0.1) is 0 Å². The average molecular weight is 198 g/mol. The van der Waals surface area contributed by atoms with Crippen LogP contribution >= 0.6 is 0 Å². The van der Waals surface area contributed by atoms with Crippen LogP contribution in [0.3, 0.4) is 0 Å². The maximum Gasteiger partial charge on any atom is 0.139 e. The van der Waals surface area contributed by atoms with Crippen molar-refractivity contribution >= 4 is 5.78 Å². The number of aliphatic hydroxyl groups excluding tert-OH is 1. The largest absolute Gasteiger partial charge is 0.396 e. The predicted molar refractivity (Wildman–Crippen MR) is 57.0 cm³/mol. The number of hydrogen-bond acceptors (Lipinski definition) is 2. The van der Waals surface area contributed by atoms with Crippen molar-refractivity contribution in [2.75, 3.05) is 6.61 Å². The lowest BCUT2D eigenvalue weighted by Gasteiger charge is -2.31. The van der Waals surface area contributed by atoms with Crippen molar-refractivity contribution in [3.8, 4) is 0 Å². The first-order valence-corrected chi connectivity index (χ1v) is 5.58. The van der Waals surface area contributed by atoms with E-state index in [1.165, 1.54) is 19.3 Å². The first kappa shape index (κ1) is 11.7. The third-order valence-electron chi connectivity index (χ3n) is 3.33. The molecule has 82 valence electrons. The number of Topliss-reactive ketones (excluding diaryl/α,β-unsaturated/α-hetero) is 1. The maximum atomic E-state index is 11.9. The number of ketones is 1. The monoisotopic (exact) mass is 198 g/mol. The molecule has 1 fully saturated rings. The normalized spacial score (nSPS) is 20.3. The second-order valence-corrected chi connectivity index (χ2v) is 5.57. The Bertz CT molecular complexity index is 199. The van der Waals surface area contributed by atoms with Crippen LogP contribution in [0.2, 0.25) is 0 Å². The van der Waals surface area contributed by atoms with Crippen LogP contribution in [0.4, 0.5) is 0 Å². The van der Waals surface area contributed by atoms with E-state index in [2.05, 4.69) is 0 Å². The second kappa shape index (κ2) is 4.43. The molecule has 1 atom stereocenters. The molecule has 14 heavy (non-hydrogen) atoms. The molecule has 0 spiro atoms. The van der Waals surface area contributed by atoms with Crippen LogP contribution in [0.15, 0.2) is 0 Å². The van der Waals surface area contributed by atoms with Crippen molar-refractivity contribution in [2.45, 2.75) is 46.5 Å². The molecule has 2 nitrogen and oxygen atoms in total. The first-order chi connectivity index (χ1) is 6.45. The van der Waals surface area contributed by atoms with E-state index >= 15 is 0 Å². The van der Waals surface area contributed by atoms with Crippen LogP contribution < -0.4 is 0 Å². The molecule has 2 heteroatoms. The van der Waals surface area contributed by atoms with E-state index in [0.717, 1.165) is 0 Å². The number of aliphatic hydroxyl groups is 1. The standard InChI is InChI=1S/C12H22O2/c1-12(2,3)10(8-13)11(14)7-9-5-4-6-9/h9-10,13H,4-8H2,1-3H3/t10-/m0/s1. The van der Waals surface area contributed by atoms with Crippen molar-refractivity contribution in [1.29, 1.82) is 0 Å². The lowest BCUT2D eigenvalue weighted by molar-refractivity contribution is -0.129. The highest BCUT2D eigenvalue weighted by Gasteiger charge is 2.32. The van der Waals surface area contributed by atoms with Crippen LogP contribution in [0, 0.1) is 17.3 Å². The Balaban J connectivity index is 2.47. The average Bonchev–Trinajstić information content (AvgIpc) is 1.95. The van der Waals surface area contributed by atoms with E-state index in [4.69, 9.17) is 0 Å². The highest BCUT2D eigenvalue weighted by molar-refractivity contribution is 5.82. The van der Waals surface area contributed by atoms with E-state index in [9.17, 15) is 9.90 Å². The van der Waals surface area contributed by atoms with E-state index < -0.39 is 0 Å². The number of carbonyl (C=O) groups is 1. The van der Waals surface area contributed by atoms with Crippen LogP contribution in [0.25, 0.3) is 0 Å². The summed E-state index contributed by atoms with van der Waals surface area (Å²) in [5.41, 5.74) is -0.102. The molecule has 0 aromatic carbocycles. The molecule has 0 radical (unpaired) electrons. The minimum absolute atomic E-state index is 0.00491. The highest BCUT2D eigenvalue weighted by Crippen LogP contribution is 2.34. The first-order valence-electron chi connectivity index (χ1n) is 5.58. The fourth-order valence-corrected chi connectivity index (χ4v) is 1.98. The van der Waals surface area contributed by atoms with E-state index in [1.54, 1.807) is 0 Å². The highest BCUT2D eigenvalue weighted by atomic mass is 16.3. The minimum atomic E-state index is -0.178. The van der Waals surface area contributed by atoms with Gasteiger partial charge >= 0.3 is 0 Å². The quantitative estimate of drug-likeness (QED) is 0.753. The van der Waals surface area contributed by atoms with Gasteiger partial charge in [0.15, 0.2) is 0 Å². The van der Waals surface area contributed by atoms with Gasteiger partial charge < -0.3 is 5.11 Å². The van der Waals surface area contributed by atoms with Crippen molar-refractivity contribution < 1.29 is 9.90 Å². The molecule has 0 saturated heterocycles. The molecular formula is C12H22O2. The Morgan fingerprint density at radius 3 is 2.29 bits per heavy atom. The summed E-state index contributed by atoms with van der Waals surface area (Å²) in [6.07, 6.45) is 4.36. The summed E-state index contributed by atoms with van der Waals surface area (Å²) >= 11 is 0. The van der Waals surface area contributed by atoms with Crippen LogP contribution in [-0.4, -0.2) is 17.5 Å². The van der Waals surface area contributed by atoms with Crippen LogP contribution in [0.1, 0.15) is 46.5 Å². The molecule has 1 saturated carbocycles. The fourth-order valence-electron chi connectivity index (χ4n) is 1.98. The number of carbonyl (C=O) groups excluding carboxylic acids is 1. The lowest BCUT2D eigenvalue weighted by atomic mass is 9.73. The summed E-state index contributed by atoms with van der Waals surface area (Å²) in [4.78, 5) is 11.9. The van der Waals surface area contributed by atoms with Gasteiger partial charge in [-0.25, -0.2) is 0 Å². The molecule has 1 rings (SSSR count). The summed E-state index contributed by atoms with van der Waals surface area (Å²) in [5.74, 6) is 0.687. The van der Waals surface area contributed by atoms with Gasteiger partial charge in [-0.2, -0.15) is 0 Å². The third-order valence-corrected chi connectivity index (χ3v) is 3.33. The summed E-state index contributed by atoms with van der Waals surface area (Å²) in [7, 11) is 0. The molecule has 0 bridgehead atoms. The molecule has 0 aromatic heterocycles. The molecule has 0 heterocycles. The molecule has 0 aromatic rings. The van der Waals surface area contributed by atoms with E-state index in [-0.39, 0.29) is 23.7 Å². The number of hydrogen-bond donors (Lipinski definition) is 1. The van der Waals surface area contributed by atoms with Gasteiger partial charge in [0.25, 0.3) is 0 Å². The topological polar surface area (TPSA) is 37.3 Å². The van der Waals surface area contributed by atoms with Gasteiger partial charge in [0.1, 0.15) is 5.78 Å². The van der Waals surface area contributed by atoms with Crippen LogP contribution in [0.5, 0.6) is 0 Å². The zero-order valence-electron chi connectivity index (χ0n) is 9.55. The molecule has 0 amide bonds. The summed E-state index contributed by atoms with van der Waals surface area (Å²) in [6.45, 7) is 6.06. The lowest BCUT2D eigenvalue weighted by Crippen LogP contribution is -2.33. The fraction of sp³-hybridized carbons (Fsp3) is 0.917. The zero-order valence-corrected chi connectivity index (χ0v) is 9.55. The van der Waals surface area contributed by atoms with Crippen molar-refractivity contribution in [3.63, 3.8) is 0 Å². The molecule has 0 aliphatic heterocycles. The maximum absolute atomic E-state index is 11.9. The molecule has 0 unspecified atom stereocenters. The molecule has 1 N–H and O–H groups in total. The SMILES string of the molecule is CC(C)(C)[C@@H](CO)C(=O)CC1CCC1. The van der Waals surface area contributed by atoms with Crippen molar-refractivity contribution in [3.05, 3.63) is 0 Å².